The van der Waals surface area contributed by atoms with Crippen molar-refractivity contribution in [2.45, 2.75) is 52.4 Å². The molecule has 0 aliphatic rings. The molecule has 2 aromatic rings. The van der Waals surface area contributed by atoms with Crippen LogP contribution in [0.15, 0.2) is 42.7 Å². The van der Waals surface area contributed by atoms with E-state index in [1.165, 1.54) is 11.1 Å². The van der Waals surface area contributed by atoms with E-state index in [0.29, 0.717) is 12.1 Å². The van der Waals surface area contributed by atoms with Crippen LogP contribution in [0.2, 0.25) is 0 Å². The van der Waals surface area contributed by atoms with Gasteiger partial charge < -0.3 is 9.84 Å². The molecule has 7 nitrogen and oxygen atoms in total. The van der Waals surface area contributed by atoms with Gasteiger partial charge in [0.1, 0.15) is 6.61 Å². The molecular weight excluding hydrogens is 334 g/mol. The topological polar surface area (TPSA) is 84.7 Å². The normalized spacial score (nSPS) is 12.0. The maximum Gasteiger partial charge on any atom is 0.411 e. The highest BCUT2D eigenvalue weighted by molar-refractivity contribution is 5.81. The molecule has 1 aromatic heterocycles. The van der Waals surface area contributed by atoms with Crippen molar-refractivity contribution in [3.63, 3.8) is 0 Å². The molecular formula is C19H25N3O4. The minimum Gasteiger partial charge on any atom is -0.479 e. The van der Waals surface area contributed by atoms with Gasteiger partial charge in [0, 0.05) is 24.3 Å². The van der Waals surface area contributed by atoms with Gasteiger partial charge in [-0.1, -0.05) is 37.3 Å². The predicted octanol–water partition coefficient (Wildman–Crippen LogP) is 3.47. The number of aliphatic carboxylic acids is 1. The van der Waals surface area contributed by atoms with E-state index >= 15 is 0 Å². The molecule has 0 fully saturated rings. The van der Waals surface area contributed by atoms with Gasteiger partial charge in [0.05, 0.1) is 6.20 Å². The van der Waals surface area contributed by atoms with Crippen LogP contribution in [0.5, 0.6) is 0 Å². The fourth-order valence-corrected chi connectivity index (χ4v) is 2.70. The number of carbonyl (C=O) groups excluding carboxylic acids is 1. The standard InChI is InChI=1S/C19H25N3O4/c1-4-10-21-12-16(11-20-21)17(18(23)24)22(14(2)3)19(25)26-13-15-8-6-5-7-9-15/h5-9,11-12,14,17H,4,10,13H2,1-3H3,(H,23,24). The third-order valence-corrected chi connectivity index (χ3v) is 3.91. The van der Waals surface area contributed by atoms with Crippen molar-refractivity contribution in [1.29, 1.82) is 0 Å². The van der Waals surface area contributed by atoms with Crippen LogP contribution in [-0.4, -0.2) is 37.9 Å². The van der Waals surface area contributed by atoms with E-state index in [0.717, 1.165) is 12.0 Å². The molecule has 0 aliphatic carbocycles. The average Bonchev–Trinajstić information content (AvgIpc) is 3.06. The van der Waals surface area contributed by atoms with E-state index in [-0.39, 0.29) is 12.6 Å². The number of rotatable bonds is 8. The van der Waals surface area contributed by atoms with Crippen LogP contribution in [0.4, 0.5) is 4.79 Å². The lowest BCUT2D eigenvalue weighted by Crippen LogP contribution is -2.43. The molecule has 1 N–H and O–H groups in total. The summed E-state index contributed by atoms with van der Waals surface area (Å²) in [5.74, 6) is -1.12. The number of hydrogen-bond acceptors (Lipinski definition) is 4. The van der Waals surface area contributed by atoms with Crippen LogP contribution in [0.1, 0.15) is 44.4 Å². The predicted molar refractivity (Wildman–Crippen MR) is 96.5 cm³/mol. The summed E-state index contributed by atoms with van der Waals surface area (Å²) in [4.78, 5) is 25.8. The molecule has 140 valence electrons. The van der Waals surface area contributed by atoms with Gasteiger partial charge in [-0.2, -0.15) is 5.10 Å². The highest BCUT2D eigenvalue weighted by Gasteiger charge is 2.35. The molecule has 0 saturated carbocycles. The smallest absolute Gasteiger partial charge is 0.411 e. The maximum atomic E-state index is 12.6. The Kier molecular flexibility index (Phi) is 6.77. The number of benzene rings is 1. The van der Waals surface area contributed by atoms with Gasteiger partial charge in [-0.3, -0.25) is 9.58 Å². The largest absolute Gasteiger partial charge is 0.479 e. The molecule has 0 saturated heterocycles. The fourth-order valence-electron chi connectivity index (χ4n) is 2.70. The van der Waals surface area contributed by atoms with Crippen molar-refractivity contribution in [3.8, 4) is 0 Å². The molecule has 7 heteroatoms. The van der Waals surface area contributed by atoms with Crippen molar-refractivity contribution in [2.24, 2.45) is 0 Å². The van der Waals surface area contributed by atoms with Crippen LogP contribution in [0.25, 0.3) is 0 Å². The minimum absolute atomic E-state index is 0.0876. The number of ether oxygens (including phenoxy) is 1. The Bertz CT molecular complexity index is 727. The quantitative estimate of drug-likeness (QED) is 0.780. The van der Waals surface area contributed by atoms with E-state index in [2.05, 4.69) is 5.10 Å². The van der Waals surface area contributed by atoms with E-state index in [4.69, 9.17) is 4.74 Å². The molecule has 1 heterocycles. The molecule has 0 bridgehead atoms. The van der Waals surface area contributed by atoms with E-state index < -0.39 is 18.1 Å². The maximum absolute atomic E-state index is 12.6. The number of carboxylic acid groups (broad SMARTS) is 1. The summed E-state index contributed by atoms with van der Waals surface area (Å²) in [6.07, 6.45) is 3.38. The number of carbonyl (C=O) groups is 2. The monoisotopic (exact) mass is 359 g/mol. The molecule has 2 rings (SSSR count). The van der Waals surface area contributed by atoms with Gasteiger partial charge in [-0.05, 0) is 25.8 Å². The van der Waals surface area contributed by atoms with Crippen LogP contribution >= 0.6 is 0 Å². The Balaban J connectivity index is 2.20. The number of aromatic nitrogens is 2. The SMILES string of the molecule is CCCn1cc(C(C(=O)O)N(C(=O)OCc2ccccc2)C(C)C)cn1. The van der Waals surface area contributed by atoms with Crippen LogP contribution in [0.3, 0.4) is 0 Å². The third-order valence-electron chi connectivity index (χ3n) is 3.91. The molecule has 1 aromatic carbocycles. The Hall–Kier alpha value is -2.83. The summed E-state index contributed by atoms with van der Waals surface area (Å²) in [7, 11) is 0. The molecule has 1 unspecified atom stereocenters. The summed E-state index contributed by atoms with van der Waals surface area (Å²) in [6.45, 7) is 6.31. The lowest BCUT2D eigenvalue weighted by molar-refractivity contribution is -0.143. The summed E-state index contributed by atoms with van der Waals surface area (Å²) in [5.41, 5.74) is 1.29. The molecule has 0 radical (unpaired) electrons. The van der Waals surface area contributed by atoms with Gasteiger partial charge in [0.2, 0.25) is 0 Å². The zero-order valence-electron chi connectivity index (χ0n) is 15.3. The summed E-state index contributed by atoms with van der Waals surface area (Å²) in [6, 6.07) is 7.77. The number of amides is 1. The van der Waals surface area contributed by atoms with Gasteiger partial charge in [0.15, 0.2) is 6.04 Å². The Morgan fingerprint density at radius 1 is 1.27 bits per heavy atom. The molecule has 1 atom stereocenters. The van der Waals surface area contributed by atoms with Gasteiger partial charge in [-0.15, -0.1) is 0 Å². The zero-order valence-corrected chi connectivity index (χ0v) is 15.3. The first-order valence-electron chi connectivity index (χ1n) is 8.68. The molecule has 0 aliphatic heterocycles. The van der Waals surface area contributed by atoms with Crippen LogP contribution in [0, 0.1) is 0 Å². The molecule has 26 heavy (non-hydrogen) atoms. The number of carboxylic acids is 1. The third kappa shape index (κ3) is 4.84. The Morgan fingerprint density at radius 2 is 1.96 bits per heavy atom. The van der Waals surface area contributed by atoms with Crippen molar-refractivity contribution in [2.75, 3.05) is 0 Å². The second-order valence-electron chi connectivity index (χ2n) is 6.32. The van der Waals surface area contributed by atoms with Crippen molar-refractivity contribution >= 4 is 12.1 Å². The van der Waals surface area contributed by atoms with E-state index in [1.54, 1.807) is 24.7 Å². The molecule has 0 spiro atoms. The first-order chi connectivity index (χ1) is 12.4. The second kappa shape index (κ2) is 9.03. The lowest BCUT2D eigenvalue weighted by Gasteiger charge is -2.31. The zero-order chi connectivity index (χ0) is 19.1. The average molecular weight is 359 g/mol. The van der Waals surface area contributed by atoms with Gasteiger partial charge in [-0.25, -0.2) is 9.59 Å². The molecule has 1 amide bonds. The minimum atomic E-state index is -1.15. The number of hydrogen-bond donors (Lipinski definition) is 1. The number of aryl methyl sites for hydroxylation is 1. The number of nitrogens with zero attached hydrogens (tertiary/aromatic N) is 3. The fraction of sp³-hybridized carbons (Fsp3) is 0.421. The second-order valence-corrected chi connectivity index (χ2v) is 6.32. The van der Waals surface area contributed by atoms with Crippen molar-refractivity contribution in [1.82, 2.24) is 14.7 Å². The first-order valence-corrected chi connectivity index (χ1v) is 8.68. The van der Waals surface area contributed by atoms with E-state index in [1.807, 2.05) is 37.3 Å². The van der Waals surface area contributed by atoms with Gasteiger partial charge in [0.25, 0.3) is 0 Å². The van der Waals surface area contributed by atoms with Crippen molar-refractivity contribution in [3.05, 3.63) is 53.9 Å². The van der Waals surface area contributed by atoms with E-state index in [9.17, 15) is 14.7 Å². The van der Waals surface area contributed by atoms with Crippen molar-refractivity contribution < 1.29 is 19.4 Å². The Labute approximate surface area is 153 Å². The highest BCUT2D eigenvalue weighted by atomic mass is 16.6. The lowest BCUT2D eigenvalue weighted by atomic mass is 10.1. The summed E-state index contributed by atoms with van der Waals surface area (Å²) in [5, 5.41) is 13.9. The summed E-state index contributed by atoms with van der Waals surface area (Å²) >= 11 is 0. The highest BCUT2D eigenvalue weighted by Crippen LogP contribution is 2.24. The van der Waals surface area contributed by atoms with Crippen LogP contribution in [-0.2, 0) is 22.7 Å². The van der Waals surface area contributed by atoms with Crippen LogP contribution < -0.4 is 0 Å². The summed E-state index contributed by atoms with van der Waals surface area (Å²) < 4.78 is 7.03. The first kappa shape index (κ1) is 19.5. The van der Waals surface area contributed by atoms with Gasteiger partial charge >= 0.3 is 12.1 Å². The Morgan fingerprint density at radius 3 is 2.54 bits per heavy atom.